The maximum absolute atomic E-state index is 12.1. The van der Waals surface area contributed by atoms with Crippen LogP contribution in [0.2, 0.25) is 0 Å². The number of hydrogen-bond donors (Lipinski definition) is 1. The van der Waals surface area contributed by atoms with E-state index in [4.69, 9.17) is 5.26 Å². The van der Waals surface area contributed by atoms with Crippen molar-refractivity contribution in [1.82, 2.24) is 0 Å². The van der Waals surface area contributed by atoms with Gasteiger partial charge in [-0.25, -0.2) is 4.89 Å². The summed E-state index contributed by atoms with van der Waals surface area (Å²) < 4.78 is 17.0. The summed E-state index contributed by atoms with van der Waals surface area (Å²) in [5, 5.41) is 7.64. The highest BCUT2D eigenvalue weighted by molar-refractivity contribution is 6.31. The normalized spacial score (nSPS) is 11.8. The largest absolute Gasteiger partial charge is 0.388 e. The van der Waals surface area contributed by atoms with Crippen LogP contribution >= 0.6 is 0 Å². The molecule has 0 bridgehead atoms. The summed E-state index contributed by atoms with van der Waals surface area (Å²) >= 11 is 0. The van der Waals surface area contributed by atoms with Crippen LogP contribution in [0, 0.1) is 0 Å². The number of fused-ring (bicyclic) bond motifs is 10. The summed E-state index contributed by atoms with van der Waals surface area (Å²) in [6.45, 7) is 11.5. The van der Waals surface area contributed by atoms with Crippen LogP contribution < -0.4 is 0 Å². The fourth-order valence-electron chi connectivity index (χ4n) is 10.2. The van der Waals surface area contributed by atoms with Crippen molar-refractivity contribution in [1.29, 1.82) is 0 Å². The molecule has 5 aliphatic carbocycles. The number of ether oxygens (including phenoxy) is 4. The van der Waals surface area contributed by atoms with Gasteiger partial charge in [0.2, 0.25) is 0 Å². The Bertz CT molecular complexity index is 3340. The molecule has 15 rings (SSSR count). The van der Waals surface area contributed by atoms with Crippen LogP contribution in [0.15, 0.2) is 243 Å². The molecule has 16 nitrogen and oxygen atoms in total. The van der Waals surface area contributed by atoms with E-state index in [1.54, 1.807) is 313 Å². The molecule has 16 heteroatoms. The highest BCUT2D eigenvalue weighted by Gasteiger charge is 2.33. The van der Waals surface area contributed by atoms with Crippen LogP contribution in [0.5, 0.6) is 0 Å². The number of rotatable bonds is 1. The fourth-order valence-corrected chi connectivity index (χ4v) is 10.2. The lowest BCUT2D eigenvalue weighted by atomic mass is 9.84. The quantitative estimate of drug-likeness (QED) is 0.119. The van der Waals surface area contributed by atoms with Gasteiger partial charge in [-0.2, -0.15) is 0 Å². The first kappa shape index (κ1) is 82.1. The van der Waals surface area contributed by atoms with Gasteiger partial charge in [-0.1, -0.05) is 270 Å². The molecular weight excluding hydrogens is 1280 g/mol. The number of carbonyl (C=O) groups is 10. The van der Waals surface area contributed by atoms with Crippen molar-refractivity contribution < 1.29 is 77.0 Å². The van der Waals surface area contributed by atoms with Crippen molar-refractivity contribution in [2.45, 2.75) is 47.6 Å². The molecule has 0 unspecified atom stereocenters. The summed E-state index contributed by atoms with van der Waals surface area (Å²) in [6.07, 6.45) is -0.0602. The molecule has 1 N–H and O–H groups in total. The summed E-state index contributed by atoms with van der Waals surface area (Å²) in [6, 6.07) is 69.5. The molecule has 0 amide bonds. The van der Waals surface area contributed by atoms with Crippen molar-refractivity contribution in [2.75, 3.05) is 56.9 Å². The van der Waals surface area contributed by atoms with Gasteiger partial charge in [0.05, 0.1) is 6.10 Å². The average Bonchev–Trinajstić information content (AvgIpc) is 0.806. The molecule has 520 valence electrons. The molecule has 0 saturated carbocycles. The predicted molar refractivity (Wildman–Crippen MR) is 392 cm³/mol. The van der Waals surface area contributed by atoms with E-state index in [2.05, 4.69) is 23.8 Å². The zero-order valence-electron chi connectivity index (χ0n) is 59.2. The van der Waals surface area contributed by atoms with E-state index in [0.717, 1.165) is 0 Å². The third-order valence-corrected chi connectivity index (χ3v) is 14.4. The highest BCUT2D eigenvalue weighted by atomic mass is 17.1. The molecule has 0 saturated heterocycles. The van der Waals surface area contributed by atoms with Gasteiger partial charge in [-0.15, -0.1) is 0 Å². The van der Waals surface area contributed by atoms with E-state index in [0.29, 0.717) is 111 Å². The van der Waals surface area contributed by atoms with Crippen LogP contribution in [0.3, 0.4) is 0 Å². The van der Waals surface area contributed by atoms with Gasteiger partial charge in [-0.05, 0) is 13.8 Å². The Balaban J connectivity index is 0.000000250. The van der Waals surface area contributed by atoms with Crippen molar-refractivity contribution in [3.63, 3.8) is 0 Å². The first-order chi connectivity index (χ1) is 48.9. The van der Waals surface area contributed by atoms with Crippen LogP contribution in [-0.2, 0) is 23.8 Å². The van der Waals surface area contributed by atoms with E-state index in [1.165, 1.54) is 0 Å². The second-order valence-corrected chi connectivity index (χ2v) is 21.5. The van der Waals surface area contributed by atoms with Gasteiger partial charge in [-0.3, -0.25) is 53.2 Å². The third-order valence-electron chi connectivity index (χ3n) is 14.4. The minimum atomic E-state index is -0.0641. The van der Waals surface area contributed by atoms with Crippen LogP contribution in [0.1, 0.15) is 201 Å². The van der Waals surface area contributed by atoms with E-state index in [-0.39, 0.29) is 63.9 Å². The molecular formula is C85H84O16. The molecule has 10 aromatic carbocycles. The van der Waals surface area contributed by atoms with Gasteiger partial charge in [0.15, 0.2) is 57.8 Å². The zero-order chi connectivity index (χ0) is 74.7. The topological polar surface area (TPSA) is 237 Å². The molecule has 0 radical (unpaired) electrons. The minimum Gasteiger partial charge on any atom is -0.388 e. The smallest absolute Gasteiger partial charge is 0.194 e. The van der Waals surface area contributed by atoms with E-state index < -0.39 is 0 Å². The lowest BCUT2D eigenvalue weighted by molar-refractivity contribution is -0.269. The van der Waals surface area contributed by atoms with E-state index in [9.17, 15) is 47.9 Å². The van der Waals surface area contributed by atoms with Crippen molar-refractivity contribution in [2.24, 2.45) is 0 Å². The van der Waals surface area contributed by atoms with E-state index >= 15 is 0 Å². The molecule has 101 heavy (non-hydrogen) atoms. The lowest BCUT2D eigenvalue weighted by Crippen LogP contribution is -2.20. The highest BCUT2D eigenvalue weighted by Crippen LogP contribution is 2.31. The lowest BCUT2D eigenvalue weighted by Gasteiger charge is -2.16. The number of ketones is 10. The summed E-state index contributed by atoms with van der Waals surface area (Å²) in [5.41, 5.74) is 10.1. The second kappa shape index (κ2) is 42.5. The van der Waals surface area contributed by atoms with E-state index in [1.807, 2.05) is 27.7 Å². The van der Waals surface area contributed by atoms with Gasteiger partial charge in [0.1, 0.15) is 0 Å². The summed E-state index contributed by atoms with van der Waals surface area (Å²) in [4.78, 5) is 125. The average molecular weight is 1360 g/mol. The second-order valence-electron chi connectivity index (χ2n) is 21.5. The molecule has 0 fully saturated rings. The minimum absolute atomic E-state index is 0.0602. The molecule has 0 atom stereocenters. The molecule has 0 aromatic heterocycles. The fraction of sp³-hybridized carbons (Fsp3) is 0.176. The van der Waals surface area contributed by atoms with Gasteiger partial charge >= 0.3 is 0 Å². The number of carbonyl (C=O) groups excluding carboxylic acids is 10. The Morgan fingerprint density at radius 1 is 0.188 bits per heavy atom. The van der Waals surface area contributed by atoms with Crippen LogP contribution in [-0.4, -0.2) is 126 Å². The number of hydrogen-bond acceptors (Lipinski definition) is 16. The van der Waals surface area contributed by atoms with Crippen LogP contribution in [0.4, 0.5) is 0 Å². The predicted octanol–water partition coefficient (Wildman–Crippen LogP) is 16.3. The zero-order valence-corrected chi connectivity index (χ0v) is 59.2. The first-order valence-corrected chi connectivity index (χ1v) is 32.2. The molecule has 10 aromatic rings. The Labute approximate surface area is 590 Å². The molecule has 5 aliphatic rings. The number of benzene rings is 10. The SMILES string of the molecule is CC.CC.CC(C)OO.COC.COC.COC.COC.O=C1c2ccccc2C(=O)c2ccccc21.O=C1c2ccccc2C(=O)c2ccccc21.O=C1c2ccccc2C(=O)c2ccccc21.O=C1c2ccccc2C(=O)c2ccccc21.O=C1c2ccccc2C(=O)c2ccccc21. The van der Waals surface area contributed by atoms with Crippen molar-refractivity contribution in [3.8, 4) is 0 Å². The maximum atomic E-state index is 12.1. The third kappa shape index (κ3) is 20.4. The Morgan fingerprint density at radius 3 is 0.277 bits per heavy atom. The first-order valence-electron chi connectivity index (χ1n) is 32.2. The van der Waals surface area contributed by atoms with Gasteiger partial charge < -0.3 is 18.9 Å². The van der Waals surface area contributed by atoms with Crippen molar-refractivity contribution >= 4 is 57.8 Å². The summed E-state index contributed by atoms with van der Waals surface area (Å²) in [5.74, 6) is -0.641. The maximum Gasteiger partial charge on any atom is 0.194 e. The number of methoxy groups -OCH3 is 4. The molecule has 0 spiro atoms. The van der Waals surface area contributed by atoms with Gasteiger partial charge in [0.25, 0.3) is 0 Å². The standard InChI is InChI=1S/5C14H8O2.C3H8O2.4C2H6O.2C2H6/c5*15-13-9-5-1-2-6-10(9)14(16)12-8-4-3-7-11(12)13;1-3(2)5-4;4*1-3-2;2*1-2/h5*1-8H;3-4H,1-2H3;4*1-2H3;2*1-2H3. The Hall–Kier alpha value is -11.3. The van der Waals surface area contributed by atoms with Gasteiger partial charge in [0, 0.05) is 168 Å². The Morgan fingerprint density at radius 2 is 0.238 bits per heavy atom. The summed E-state index contributed by atoms with van der Waals surface area (Å²) in [7, 11) is 13.0. The van der Waals surface area contributed by atoms with Crippen LogP contribution in [0.25, 0.3) is 0 Å². The Kier molecular flexibility index (Phi) is 34.5. The molecule has 0 aliphatic heterocycles. The molecule has 0 heterocycles. The monoisotopic (exact) mass is 1360 g/mol. The van der Waals surface area contributed by atoms with Crippen molar-refractivity contribution in [3.05, 3.63) is 354 Å².